The third kappa shape index (κ3) is 4.27. The van der Waals surface area contributed by atoms with Crippen LogP contribution in [0.15, 0.2) is 36.8 Å². The molecular weight excluding hydrogens is 356 g/mol. The minimum absolute atomic E-state index is 0.180. The summed E-state index contributed by atoms with van der Waals surface area (Å²) in [5, 5.41) is 11.7. The van der Waals surface area contributed by atoms with E-state index in [9.17, 15) is 4.79 Å². The summed E-state index contributed by atoms with van der Waals surface area (Å²) in [6.07, 6.45) is 3.20. The number of benzene rings is 1. The number of fused-ring (bicyclic) bond motifs is 1. The lowest BCUT2D eigenvalue weighted by molar-refractivity contribution is 0.0952. The van der Waals surface area contributed by atoms with Gasteiger partial charge in [0.05, 0.1) is 24.7 Å². The minimum Gasteiger partial charge on any atom is -0.383 e. The number of halogens is 1. The molecule has 2 aromatic heterocycles. The summed E-state index contributed by atoms with van der Waals surface area (Å²) in [6, 6.07) is 6.82. The van der Waals surface area contributed by atoms with E-state index in [4.69, 9.17) is 16.3 Å². The van der Waals surface area contributed by atoms with E-state index in [1.807, 2.05) is 0 Å². The first-order valence-electron chi connectivity index (χ1n) is 8.12. The molecule has 26 heavy (non-hydrogen) atoms. The number of hydrogen-bond donors (Lipinski definition) is 2. The average molecular weight is 375 g/mol. The van der Waals surface area contributed by atoms with Crippen molar-refractivity contribution in [3.05, 3.63) is 47.4 Å². The van der Waals surface area contributed by atoms with E-state index in [0.29, 0.717) is 48.3 Å². The minimum atomic E-state index is -0.180. The highest BCUT2D eigenvalue weighted by Gasteiger charge is 2.10. The summed E-state index contributed by atoms with van der Waals surface area (Å²) in [6.45, 7) is 2.13. The van der Waals surface area contributed by atoms with Crippen LogP contribution >= 0.6 is 11.6 Å². The summed E-state index contributed by atoms with van der Waals surface area (Å²) < 4.78 is 6.76. The van der Waals surface area contributed by atoms with Gasteiger partial charge in [-0.25, -0.2) is 14.6 Å². The number of amides is 1. The van der Waals surface area contributed by atoms with Crippen molar-refractivity contribution in [2.45, 2.75) is 6.54 Å². The van der Waals surface area contributed by atoms with Crippen molar-refractivity contribution < 1.29 is 9.53 Å². The van der Waals surface area contributed by atoms with Gasteiger partial charge >= 0.3 is 0 Å². The second-order valence-electron chi connectivity index (χ2n) is 5.51. The zero-order chi connectivity index (χ0) is 18.4. The molecule has 0 unspecified atom stereocenters. The number of anilines is 1. The molecule has 3 rings (SSSR count). The highest BCUT2D eigenvalue weighted by Crippen LogP contribution is 2.18. The highest BCUT2D eigenvalue weighted by atomic mass is 35.5. The number of nitrogens with zero attached hydrogens (tertiary/aromatic N) is 4. The third-order valence-electron chi connectivity index (χ3n) is 3.73. The molecule has 0 aliphatic rings. The van der Waals surface area contributed by atoms with Crippen LogP contribution in [0.25, 0.3) is 11.0 Å². The SMILES string of the molecule is COCCNc1ncnc2c1cnn2CCNC(=O)c1cccc(Cl)c1. The number of hydrogen-bond acceptors (Lipinski definition) is 6. The molecule has 0 radical (unpaired) electrons. The maximum atomic E-state index is 12.1. The van der Waals surface area contributed by atoms with Gasteiger partial charge in [-0.3, -0.25) is 4.79 Å². The molecule has 0 bridgehead atoms. The molecule has 136 valence electrons. The molecular formula is C17H19ClN6O2. The Labute approximate surface area is 155 Å². The Morgan fingerprint density at radius 2 is 2.19 bits per heavy atom. The Hall–Kier alpha value is -2.71. The van der Waals surface area contributed by atoms with Gasteiger partial charge in [0, 0.05) is 30.8 Å². The second kappa shape index (κ2) is 8.59. The van der Waals surface area contributed by atoms with Crippen LogP contribution in [-0.2, 0) is 11.3 Å². The van der Waals surface area contributed by atoms with Crippen molar-refractivity contribution in [1.82, 2.24) is 25.1 Å². The first kappa shape index (κ1) is 18.1. The van der Waals surface area contributed by atoms with Gasteiger partial charge < -0.3 is 15.4 Å². The molecule has 0 spiro atoms. The Bertz CT molecular complexity index is 898. The maximum absolute atomic E-state index is 12.1. The van der Waals surface area contributed by atoms with E-state index in [2.05, 4.69) is 25.7 Å². The van der Waals surface area contributed by atoms with E-state index >= 15 is 0 Å². The molecule has 0 fully saturated rings. The fourth-order valence-corrected chi connectivity index (χ4v) is 2.67. The molecule has 0 aliphatic carbocycles. The smallest absolute Gasteiger partial charge is 0.251 e. The molecule has 2 N–H and O–H groups in total. The van der Waals surface area contributed by atoms with Crippen molar-refractivity contribution in [3.63, 3.8) is 0 Å². The van der Waals surface area contributed by atoms with Gasteiger partial charge in [0.15, 0.2) is 5.65 Å². The first-order valence-corrected chi connectivity index (χ1v) is 8.50. The summed E-state index contributed by atoms with van der Waals surface area (Å²) in [7, 11) is 1.65. The predicted molar refractivity (Wildman–Crippen MR) is 99.5 cm³/mol. The van der Waals surface area contributed by atoms with Crippen LogP contribution in [0.2, 0.25) is 5.02 Å². The van der Waals surface area contributed by atoms with E-state index in [1.54, 1.807) is 42.3 Å². The molecule has 9 heteroatoms. The Balaban J connectivity index is 1.62. The normalized spacial score (nSPS) is 10.8. The van der Waals surface area contributed by atoms with Crippen molar-refractivity contribution in [1.29, 1.82) is 0 Å². The third-order valence-corrected chi connectivity index (χ3v) is 3.96. The molecule has 1 aromatic carbocycles. The molecule has 1 amide bonds. The number of aromatic nitrogens is 4. The van der Waals surface area contributed by atoms with Gasteiger partial charge in [-0.15, -0.1) is 0 Å². The van der Waals surface area contributed by atoms with E-state index in [1.165, 1.54) is 6.33 Å². The lowest BCUT2D eigenvalue weighted by atomic mass is 10.2. The Morgan fingerprint density at radius 1 is 1.31 bits per heavy atom. The molecule has 0 saturated heterocycles. The largest absolute Gasteiger partial charge is 0.383 e. The van der Waals surface area contributed by atoms with E-state index in [-0.39, 0.29) is 5.91 Å². The number of rotatable bonds is 8. The number of ether oxygens (including phenoxy) is 1. The molecule has 3 aromatic rings. The summed E-state index contributed by atoms with van der Waals surface area (Å²) in [5.74, 6) is 0.529. The van der Waals surface area contributed by atoms with Crippen LogP contribution in [0.1, 0.15) is 10.4 Å². The van der Waals surface area contributed by atoms with Crippen molar-refractivity contribution in [2.24, 2.45) is 0 Å². The lowest BCUT2D eigenvalue weighted by Gasteiger charge is -2.07. The Morgan fingerprint density at radius 3 is 3.00 bits per heavy atom. The standard InChI is InChI=1S/C17H19ClN6O2/c1-26-8-6-19-15-14-10-23-24(16(14)22-11-21-15)7-5-20-17(25)12-3-2-4-13(18)9-12/h2-4,9-11H,5-8H2,1H3,(H,20,25)(H,19,21,22). The average Bonchev–Trinajstić information content (AvgIpc) is 3.06. The van der Waals surface area contributed by atoms with E-state index < -0.39 is 0 Å². The van der Waals surface area contributed by atoms with Gasteiger partial charge in [0.1, 0.15) is 12.1 Å². The van der Waals surface area contributed by atoms with E-state index in [0.717, 1.165) is 5.39 Å². The number of methoxy groups -OCH3 is 1. The quantitative estimate of drug-likeness (QED) is 0.585. The molecule has 8 nitrogen and oxygen atoms in total. The maximum Gasteiger partial charge on any atom is 0.251 e. The van der Waals surface area contributed by atoms with Gasteiger partial charge in [-0.2, -0.15) is 5.10 Å². The monoisotopic (exact) mass is 374 g/mol. The zero-order valence-corrected chi connectivity index (χ0v) is 15.0. The molecule has 0 saturated carbocycles. The number of carbonyl (C=O) groups excluding carboxylic acids is 1. The van der Waals surface area contributed by atoms with Crippen LogP contribution in [0, 0.1) is 0 Å². The fourth-order valence-electron chi connectivity index (χ4n) is 2.48. The molecule has 0 atom stereocenters. The van der Waals surface area contributed by atoms with Crippen molar-refractivity contribution >= 4 is 34.4 Å². The van der Waals surface area contributed by atoms with Crippen LogP contribution in [0.3, 0.4) is 0 Å². The highest BCUT2D eigenvalue weighted by molar-refractivity contribution is 6.30. The summed E-state index contributed by atoms with van der Waals surface area (Å²) in [4.78, 5) is 20.7. The summed E-state index contributed by atoms with van der Waals surface area (Å²) in [5.41, 5.74) is 1.23. The predicted octanol–water partition coefficient (Wildman–Crippen LogP) is 1.97. The first-order chi connectivity index (χ1) is 12.7. The molecule has 2 heterocycles. The van der Waals surface area contributed by atoms with Crippen LogP contribution in [0.4, 0.5) is 5.82 Å². The van der Waals surface area contributed by atoms with Gasteiger partial charge in [0.2, 0.25) is 0 Å². The van der Waals surface area contributed by atoms with Crippen LogP contribution in [-0.4, -0.2) is 52.5 Å². The van der Waals surface area contributed by atoms with Crippen molar-refractivity contribution in [2.75, 3.05) is 32.1 Å². The number of nitrogens with one attached hydrogen (secondary N) is 2. The van der Waals surface area contributed by atoms with Gasteiger partial charge in [0.25, 0.3) is 5.91 Å². The number of carbonyl (C=O) groups is 1. The van der Waals surface area contributed by atoms with Crippen LogP contribution < -0.4 is 10.6 Å². The van der Waals surface area contributed by atoms with Gasteiger partial charge in [-0.05, 0) is 18.2 Å². The van der Waals surface area contributed by atoms with Crippen LogP contribution in [0.5, 0.6) is 0 Å². The second-order valence-corrected chi connectivity index (χ2v) is 5.95. The van der Waals surface area contributed by atoms with Crippen molar-refractivity contribution in [3.8, 4) is 0 Å². The van der Waals surface area contributed by atoms with Gasteiger partial charge in [-0.1, -0.05) is 17.7 Å². The Kier molecular flexibility index (Phi) is 5.98. The summed E-state index contributed by atoms with van der Waals surface area (Å²) >= 11 is 5.91. The fraction of sp³-hybridized carbons (Fsp3) is 0.294. The lowest BCUT2D eigenvalue weighted by Crippen LogP contribution is -2.27. The molecule has 0 aliphatic heterocycles. The topological polar surface area (TPSA) is 94.0 Å². The zero-order valence-electron chi connectivity index (χ0n) is 14.3.